The molecule has 0 saturated carbocycles. The van der Waals surface area contributed by atoms with Gasteiger partial charge in [0.2, 0.25) is 11.8 Å². The maximum absolute atomic E-state index is 13.0. The summed E-state index contributed by atoms with van der Waals surface area (Å²) in [7, 11) is 0. The Balaban J connectivity index is 1.29. The highest BCUT2D eigenvalue weighted by Gasteiger charge is 2.46. The number of piperidine rings is 1. The van der Waals surface area contributed by atoms with Gasteiger partial charge in [-0.2, -0.15) is 0 Å². The van der Waals surface area contributed by atoms with Crippen LogP contribution in [-0.2, 0) is 16.1 Å². The number of rotatable bonds is 5. The lowest BCUT2D eigenvalue weighted by atomic mass is 9.95. The van der Waals surface area contributed by atoms with Crippen molar-refractivity contribution in [3.05, 3.63) is 35.9 Å². The van der Waals surface area contributed by atoms with Crippen LogP contribution >= 0.6 is 0 Å². The number of primary amides is 1. The number of piperazine rings is 1. The van der Waals surface area contributed by atoms with Crippen LogP contribution in [0.2, 0.25) is 0 Å². The Kier molecular flexibility index (Phi) is 4.96. The van der Waals surface area contributed by atoms with E-state index in [0.717, 1.165) is 52.0 Å². The van der Waals surface area contributed by atoms with Gasteiger partial charge in [0.25, 0.3) is 0 Å². The van der Waals surface area contributed by atoms with Gasteiger partial charge < -0.3 is 10.6 Å². The summed E-state index contributed by atoms with van der Waals surface area (Å²) in [6, 6.07) is 11.4. The third kappa shape index (κ3) is 3.62. The van der Waals surface area contributed by atoms with Crippen molar-refractivity contribution in [2.24, 2.45) is 11.7 Å². The van der Waals surface area contributed by atoms with Gasteiger partial charge in [-0.05, 0) is 37.9 Å². The predicted octanol–water partition coefficient (Wildman–Crippen LogP) is 0.669. The second-order valence-corrected chi connectivity index (χ2v) is 7.97. The van der Waals surface area contributed by atoms with Crippen LogP contribution < -0.4 is 5.73 Å². The van der Waals surface area contributed by atoms with Crippen LogP contribution in [0.1, 0.15) is 24.8 Å². The maximum Gasteiger partial charge on any atom is 0.231 e. The van der Waals surface area contributed by atoms with Crippen molar-refractivity contribution >= 4 is 11.8 Å². The fourth-order valence-electron chi connectivity index (χ4n) is 4.82. The minimum atomic E-state index is -0.287. The van der Waals surface area contributed by atoms with Crippen LogP contribution in [0.4, 0.5) is 0 Å². The Morgan fingerprint density at radius 3 is 2.38 bits per heavy atom. The van der Waals surface area contributed by atoms with Crippen LogP contribution in [0.25, 0.3) is 0 Å². The van der Waals surface area contributed by atoms with E-state index in [1.807, 2.05) is 0 Å². The number of likely N-dealkylation sites (tertiary alicyclic amines) is 3. The lowest BCUT2D eigenvalue weighted by molar-refractivity contribution is -0.139. The summed E-state index contributed by atoms with van der Waals surface area (Å²) >= 11 is 0. The highest BCUT2D eigenvalue weighted by molar-refractivity contribution is 5.80. The van der Waals surface area contributed by atoms with Gasteiger partial charge in [0.05, 0.1) is 6.54 Å². The van der Waals surface area contributed by atoms with Crippen molar-refractivity contribution in [3.8, 4) is 0 Å². The van der Waals surface area contributed by atoms with Crippen molar-refractivity contribution in [2.45, 2.75) is 37.9 Å². The predicted molar refractivity (Wildman–Crippen MR) is 99.1 cm³/mol. The second kappa shape index (κ2) is 7.37. The zero-order chi connectivity index (χ0) is 18.1. The zero-order valence-electron chi connectivity index (χ0n) is 15.2. The topological polar surface area (TPSA) is 69.9 Å². The van der Waals surface area contributed by atoms with Gasteiger partial charge in [0.15, 0.2) is 0 Å². The first kappa shape index (κ1) is 17.5. The standard InChI is InChI=1S/C20H28N4O2/c21-19(25)14-22-8-6-16(7-9-22)20(26)24-13-17-10-18(24)12-23(17)11-15-4-2-1-3-5-15/h1-5,16-18H,6-14H2,(H2,21,25)/t17-,18-/m0/s1. The molecule has 2 amide bonds. The molecule has 1 aromatic rings. The summed E-state index contributed by atoms with van der Waals surface area (Å²) in [5.74, 6) is 0.154. The van der Waals surface area contributed by atoms with E-state index in [4.69, 9.17) is 5.73 Å². The summed E-state index contributed by atoms with van der Waals surface area (Å²) in [6.45, 7) is 4.74. The van der Waals surface area contributed by atoms with Crippen LogP contribution in [0, 0.1) is 5.92 Å². The third-order valence-corrected chi connectivity index (χ3v) is 6.18. The zero-order valence-corrected chi connectivity index (χ0v) is 15.2. The molecule has 0 aliphatic carbocycles. The molecular weight excluding hydrogens is 328 g/mol. The van der Waals surface area contributed by atoms with Gasteiger partial charge in [0.1, 0.15) is 0 Å². The van der Waals surface area contributed by atoms with Crippen molar-refractivity contribution < 1.29 is 9.59 Å². The number of benzene rings is 1. The van der Waals surface area contributed by atoms with Crippen LogP contribution in [0.5, 0.6) is 0 Å². The molecule has 3 aliphatic heterocycles. The smallest absolute Gasteiger partial charge is 0.231 e. The lowest BCUT2D eigenvalue weighted by Crippen LogP contribution is -2.51. The Labute approximate surface area is 154 Å². The molecule has 2 atom stereocenters. The second-order valence-electron chi connectivity index (χ2n) is 7.97. The van der Waals surface area contributed by atoms with Crippen molar-refractivity contribution in [3.63, 3.8) is 0 Å². The van der Waals surface area contributed by atoms with E-state index in [9.17, 15) is 9.59 Å². The minimum Gasteiger partial charge on any atom is -0.369 e. The molecule has 2 bridgehead atoms. The number of hydrogen-bond donors (Lipinski definition) is 1. The third-order valence-electron chi connectivity index (χ3n) is 6.18. The summed E-state index contributed by atoms with van der Waals surface area (Å²) in [6.07, 6.45) is 2.79. The van der Waals surface area contributed by atoms with Gasteiger partial charge in [-0.1, -0.05) is 30.3 Å². The Bertz CT molecular complexity index is 657. The molecule has 3 heterocycles. The van der Waals surface area contributed by atoms with Crippen LogP contribution in [-0.4, -0.2) is 71.3 Å². The molecule has 0 unspecified atom stereocenters. The quantitative estimate of drug-likeness (QED) is 0.842. The maximum atomic E-state index is 13.0. The largest absolute Gasteiger partial charge is 0.369 e. The number of fused-ring (bicyclic) bond motifs is 2. The van der Waals surface area contributed by atoms with Crippen molar-refractivity contribution in [1.82, 2.24) is 14.7 Å². The van der Waals surface area contributed by atoms with Gasteiger partial charge >= 0.3 is 0 Å². The fraction of sp³-hybridized carbons (Fsp3) is 0.600. The number of nitrogens with two attached hydrogens (primary N) is 1. The summed E-state index contributed by atoms with van der Waals surface area (Å²) < 4.78 is 0. The first-order chi connectivity index (χ1) is 12.6. The molecule has 0 radical (unpaired) electrons. The number of carbonyl (C=O) groups is 2. The van der Waals surface area contributed by atoms with E-state index in [1.165, 1.54) is 5.56 Å². The molecule has 6 heteroatoms. The normalized spacial score (nSPS) is 27.2. The van der Waals surface area contributed by atoms with Crippen LogP contribution in [0.15, 0.2) is 30.3 Å². The summed E-state index contributed by atoms with van der Waals surface area (Å²) in [4.78, 5) is 30.7. The van der Waals surface area contributed by atoms with E-state index in [0.29, 0.717) is 24.5 Å². The molecule has 0 spiro atoms. The highest BCUT2D eigenvalue weighted by atomic mass is 16.2. The first-order valence-corrected chi connectivity index (χ1v) is 9.69. The molecule has 26 heavy (non-hydrogen) atoms. The van der Waals surface area contributed by atoms with Crippen molar-refractivity contribution in [2.75, 3.05) is 32.7 Å². The first-order valence-electron chi connectivity index (χ1n) is 9.69. The van der Waals surface area contributed by atoms with Crippen LogP contribution in [0.3, 0.4) is 0 Å². The molecule has 0 aromatic heterocycles. The van der Waals surface area contributed by atoms with E-state index in [2.05, 4.69) is 45.0 Å². The average Bonchev–Trinajstić information content (AvgIpc) is 3.22. The van der Waals surface area contributed by atoms with Gasteiger partial charge in [0, 0.05) is 37.6 Å². The fourth-order valence-corrected chi connectivity index (χ4v) is 4.82. The molecular formula is C20H28N4O2. The highest BCUT2D eigenvalue weighted by Crippen LogP contribution is 2.34. The summed E-state index contributed by atoms with van der Waals surface area (Å²) in [5, 5.41) is 0. The van der Waals surface area contributed by atoms with Gasteiger partial charge in [-0.15, -0.1) is 0 Å². The number of nitrogens with zero attached hydrogens (tertiary/aromatic N) is 3. The molecule has 140 valence electrons. The Morgan fingerprint density at radius 1 is 1.04 bits per heavy atom. The molecule has 1 aromatic carbocycles. The number of amides is 2. The molecule has 6 nitrogen and oxygen atoms in total. The summed E-state index contributed by atoms with van der Waals surface area (Å²) in [5.41, 5.74) is 6.61. The van der Waals surface area contributed by atoms with Crippen molar-refractivity contribution in [1.29, 1.82) is 0 Å². The molecule has 3 aliphatic rings. The van der Waals surface area contributed by atoms with Gasteiger partial charge in [-0.3, -0.25) is 19.4 Å². The molecule has 4 rings (SSSR count). The Morgan fingerprint density at radius 2 is 1.77 bits per heavy atom. The Hall–Kier alpha value is -1.92. The SMILES string of the molecule is NC(=O)CN1CCC(C(=O)N2C[C@@H]3C[C@H]2CN3Cc2ccccc2)CC1. The van der Waals surface area contributed by atoms with E-state index < -0.39 is 0 Å². The van der Waals surface area contributed by atoms with E-state index in [-0.39, 0.29) is 11.8 Å². The minimum absolute atomic E-state index is 0.112. The molecule has 3 saturated heterocycles. The molecule has 2 N–H and O–H groups in total. The van der Waals surface area contributed by atoms with E-state index in [1.54, 1.807) is 0 Å². The number of hydrogen-bond acceptors (Lipinski definition) is 4. The average molecular weight is 356 g/mol. The lowest BCUT2D eigenvalue weighted by Gasteiger charge is -2.38. The monoisotopic (exact) mass is 356 g/mol. The van der Waals surface area contributed by atoms with E-state index >= 15 is 0 Å². The van der Waals surface area contributed by atoms with Gasteiger partial charge in [-0.25, -0.2) is 0 Å². The number of carbonyl (C=O) groups excluding carboxylic acids is 2. The molecule has 3 fully saturated rings.